The summed E-state index contributed by atoms with van der Waals surface area (Å²) in [4.78, 5) is 12.6. The highest BCUT2D eigenvalue weighted by Gasteiger charge is 2.28. The van der Waals surface area contributed by atoms with Gasteiger partial charge in [0.15, 0.2) is 0 Å². The molecule has 0 bridgehead atoms. The summed E-state index contributed by atoms with van der Waals surface area (Å²) in [6.07, 6.45) is 73.2. The van der Waals surface area contributed by atoms with Crippen molar-refractivity contribution >= 4 is 5.91 Å². The highest BCUT2D eigenvalue weighted by molar-refractivity contribution is 5.80. The first-order chi connectivity index (χ1) is 35.0. The van der Waals surface area contributed by atoms with Gasteiger partial charge in [0.05, 0.1) is 18.8 Å². The molecule has 6 nitrogen and oxygen atoms in total. The number of hydrogen-bond donors (Lipinski definition) is 5. The maximum Gasteiger partial charge on any atom is 0.249 e. The average molecular weight is 1000 g/mol. The molecular formula is C65H129NO5. The number of rotatable bonds is 61. The Balaban J connectivity index is 3.57. The van der Waals surface area contributed by atoms with Crippen LogP contribution in [0.3, 0.4) is 0 Å². The Morgan fingerprint density at radius 3 is 0.845 bits per heavy atom. The zero-order valence-corrected chi connectivity index (χ0v) is 48.3. The Kier molecular flexibility index (Phi) is 59.1. The van der Waals surface area contributed by atoms with Gasteiger partial charge in [0.25, 0.3) is 0 Å². The summed E-state index contributed by atoms with van der Waals surface area (Å²) in [5.41, 5.74) is 0. The monoisotopic (exact) mass is 1000 g/mol. The van der Waals surface area contributed by atoms with E-state index in [-0.39, 0.29) is 0 Å². The van der Waals surface area contributed by atoms with E-state index in [1.807, 2.05) is 0 Å². The van der Waals surface area contributed by atoms with Gasteiger partial charge in [-0.05, 0) is 38.5 Å². The molecular weight excluding hydrogens is 875 g/mol. The van der Waals surface area contributed by atoms with Crippen molar-refractivity contribution in [3.05, 3.63) is 12.2 Å². The summed E-state index contributed by atoms with van der Waals surface area (Å²) in [5.74, 6) is -0.585. The number of allylic oxidation sites excluding steroid dienone is 2. The quantitative estimate of drug-likeness (QED) is 0.0308. The van der Waals surface area contributed by atoms with Crippen LogP contribution in [0.5, 0.6) is 0 Å². The molecule has 71 heavy (non-hydrogen) atoms. The van der Waals surface area contributed by atoms with E-state index in [0.717, 1.165) is 38.5 Å². The molecule has 4 unspecified atom stereocenters. The Morgan fingerprint density at radius 2 is 0.577 bits per heavy atom. The fourth-order valence-electron chi connectivity index (χ4n) is 10.6. The maximum absolute atomic E-state index is 12.6. The summed E-state index contributed by atoms with van der Waals surface area (Å²) in [6, 6.07) is -1.000. The van der Waals surface area contributed by atoms with Crippen molar-refractivity contribution in [3.63, 3.8) is 0 Å². The number of amides is 1. The molecule has 0 rings (SSSR count). The van der Waals surface area contributed by atoms with Crippen LogP contribution in [0.4, 0.5) is 0 Å². The minimum Gasteiger partial charge on any atom is -0.394 e. The van der Waals surface area contributed by atoms with Crippen LogP contribution in [-0.4, -0.2) is 57.3 Å². The minimum atomic E-state index is -1.28. The highest BCUT2D eigenvalue weighted by Crippen LogP contribution is 2.19. The van der Waals surface area contributed by atoms with Crippen molar-refractivity contribution in [3.8, 4) is 0 Å². The summed E-state index contributed by atoms with van der Waals surface area (Å²) in [5, 5.41) is 44.1. The third-order valence-electron chi connectivity index (χ3n) is 15.7. The van der Waals surface area contributed by atoms with Gasteiger partial charge in [0.2, 0.25) is 5.91 Å². The van der Waals surface area contributed by atoms with Gasteiger partial charge >= 0.3 is 0 Å². The Hall–Kier alpha value is -0.950. The lowest BCUT2D eigenvalue weighted by molar-refractivity contribution is -0.132. The first-order valence-electron chi connectivity index (χ1n) is 32.6. The fourth-order valence-corrected chi connectivity index (χ4v) is 10.6. The van der Waals surface area contributed by atoms with E-state index in [0.29, 0.717) is 12.8 Å². The normalized spacial score (nSPS) is 13.6. The van der Waals surface area contributed by atoms with E-state index >= 15 is 0 Å². The van der Waals surface area contributed by atoms with E-state index in [1.54, 1.807) is 0 Å². The largest absolute Gasteiger partial charge is 0.394 e. The third-order valence-corrected chi connectivity index (χ3v) is 15.7. The molecule has 0 aromatic carbocycles. The van der Waals surface area contributed by atoms with Gasteiger partial charge in [0, 0.05) is 0 Å². The van der Waals surface area contributed by atoms with E-state index in [2.05, 4.69) is 31.3 Å². The lowest BCUT2D eigenvalue weighted by atomic mass is 10.00. The number of aliphatic hydroxyl groups is 4. The van der Waals surface area contributed by atoms with Crippen LogP contribution < -0.4 is 5.32 Å². The van der Waals surface area contributed by atoms with E-state index in [4.69, 9.17) is 0 Å². The van der Waals surface area contributed by atoms with Crippen LogP contribution in [0.2, 0.25) is 0 Å². The van der Waals surface area contributed by atoms with E-state index in [1.165, 1.54) is 302 Å². The Morgan fingerprint density at radius 1 is 0.338 bits per heavy atom. The Labute approximate surface area is 444 Å². The molecule has 424 valence electrons. The second-order valence-electron chi connectivity index (χ2n) is 22.8. The third kappa shape index (κ3) is 53.7. The molecule has 4 atom stereocenters. The van der Waals surface area contributed by atoms with Gasteiger partial charge in [-0.2, -0.15) is 0 Å². The van der Waals surface area contributed by atoms with Gasteiger partial charge in [-0.25, -0.2) is 0 Å². The van der Waals surface area contributed by atoms with Crippen LogP contribution >= 0.6 is 0 Å². The van der Waals surface area contributed by atoms with Crippen LogP contribution in [0.15, 0.2) is 12.2 Å². The van der Waals surface area contributed by atoms with Crippen molar-refractivity contribution in [2.24, 2.45) is 0 Å². The standard InChI is InChI=1S/C65H129NO5/c1-3-5-7-9-11-13-15-17-19-21-23-25-27-29-31-32-33-35-37-39-41-43-45-47-49-51-53-55-57-59-63(69)65(71)66-61(60-67)64(70)62(68)58-56-54-52-50-48-46-44-42-40-38-36-34-30-28-26-24-22-20-18-16-14-12-10-8-6-4-2/h50,52,61-64,67-70H,3-49,51,53-60H2,1-2H3,(H,66,71)/b52-50+. The average Bonchev–Trinajstić information content (AvgIpc) is 3.38. The van der Waals surface area contributed by atoms with Gasteiger partial charge in [-0.3, -0.25) is 4.79 Å². The molecule has 0 aliphatic carbocycles. The SMILES string of the molecule is CCCCCCCCCCCCCCCCCCCCCCC/C=C/CCCC(O)C(O)C(CO)NC(=O)C(O)CCCCCCCCCCCCCCCCCCCCCCCCCCCCCCC. The zero-order chi connectivity index (χ0) is 51.6. The molecule has 0 aliphatic heterocycles. The molecule has 0 aromatic heterocycles. The van der Waals surface area contributed by atoms with Crippen LogP contribution in [0.25, 0.3) is 0 Å². The van der Waals surface area contributed by atoms with Crippen molar-refractivity contribution < 1.29 is 25.2 Å². The molecule has 5 N–H and O–H groups in total. The predicted octanol–water partition coefficient (Wildman–Crippen LogP) is 19.6. The molecule has 0 aromatic rings. The number of carbonyl (C=O) groups is 1. The molecule has 0 radical (unpaired) electrons. The first kappa shape index (κ1) is 70.1. The zero-order valence-electron chi connectivity index (χ0n) is 48.3. The van der Waals surface area contributed by atoms with Gasteiger partial charge in [0.1, 0.15) is 12.2 Å². The summed E-state index contributed by atoms with van der Waals surface area (Å²) in [6.45, 7) is 4.10. The highest BCUT2D eigenvalue weighted by atomic mass is 16.3. The van der Waals surface area contributed by atoms with Crippen LogP contribution in [-0.2, 0) is 4.79 Å². The summed E-state index contributed by atoms with van der Waals surface area (Å²) < 4.78 is 0. The topological polar surface area (TPSA) is 110 Å². The van der Waals surface area contributed by atoms with Gasteiger partial charge < -0.3 is 25.7 Å². The van der Waals surface area contributed by atoms with E-state index < -0.39 is 36.9 Å². The number of hydrogen-bond acceptors (Lipinski definition) is 5. The smallest absolute Gasteiger partial charge is 0.249 e. The summed E-state index contributed by atoms with van der Waals surface area (Å²) >= 11 is 0. The lowest BCUT2D eigenvalue weighted by Crippen LogP contribution is -2.53. The molecule has 0 aliphatic rings. The summed E-state index contributed by atoms with van der Waals surface area (Å²) in [7, 11) is 0. The van der Waals surface area contributed by atoms with Crippen LogP contribution in [0.1, 0.15) is 367 Å². The number of unbranched alkanes of at least 4 members (excludes halogenated alkanes) is 50. The second-order valence-corrected chi connectivity index (χ2v) is 22.8. The van der Waals surface area contributed by atoms with Crippen molar-refractivity contribution in [1.29, 1.82) is 0 Å². The molecule has 0 fully saturated rings. The molecule has 0 heterocycles. The van der Waals surface area contributed by atoms with Crippen molar-refractivity contribution in [2.75, 3.05) is 6.61 Å². The molecule has 0 spiro atoms. The van der Waals surface area contributed by atoms with Gasteiger partial charge in [-0.15, -0.1) is 0 Å². The maximum atomic E-state index is 12.6. The van der Waals surface area contributed by atoms with E-state index in [9.17, 15) is 25.2 Å². The fraction of sp³-hybridized carbons (Fsp3) is 0.954. The van der Waals surface area contributed by atoms with Crippen LogP contribution in [0, 0.1) is 0 Å². The molecule has 0 saturated heterocycles. The minimum absolute atomic E-state index is 0.369. The number of aliphatic hydroxyl groups excluding tert-OH is 4. The molecule has 1 amide bonds. The lowest BCUT2D eigenvalue weighted by Gasteiger charge is -2.27. The first-order valence-corrected chi connectivity index (χ1v) is 32.6. The number of nitrogens with one attached hydrogen (secondary N) is 1. The molecule has 0 saturated carbocycles. The predicted molar refractivity (Wildman–Crippen MR) is 311 cm³/mol. The van der Waals surface area contributed by atoms with Crippen molar-refractivity contribution in [1.82, 2.24) is 5.32 Å². The van der Waals surface area contributed by atoms with Gasteiger partial charge in [-0.1, -0.05) is 341 Å². The second kappa shape index (κ2) is 59.9. The number of carbonyl (C=O) groups excluding carboxylic acids is 1. The van der Waals surface area contributed by atoms with Crippen molar-refractivity contribution in [2.45, 2.75) is 391 Å². The molecule has 6 heteroatoms. The Bertz CT molecular complexity index is 1040.